The average molecular weight is 539 g/mol. The number of nitrogens with zero attached hydrogens (tertiary/aromatic N) is 3. The topological polar surface area (TPSA) is 73.0 Å². The lowest BCUT2D eigenvalue weighted by molar-refractivity contribution is -0.137. The summed E-state index contributed by atoms with van der Waals surface area (Å²) in [6, 6.07) is 23.8. The molecule has 2 heterocycles. The van der Waals surface area contributed by atoms with Crippen molar-refractivity contribution in [3.05, 3.63) is 78.4 Å². The monoisotopic (exact) mass is 538 g/mol. The van der Waals surface area contributed by atoms with Gasteiger partial charge in [0.1, 0.15) is 12.1 Å². The Balaban J connectivity index is 1.17. The Bertz CT molecular complexity index is 1370. The summed E-state index contributed by atoms with van der Waals surface area (Å²) in [7, 11) is 0. The van der Waals surface area contributed by atoms with Gasteiger partial charge in [0.2, 0.25) is 5.91 Å². The molecule has 1 spiro atoms. The minimum atomic E-state index is -0.763. The van der Waals surface area contributed by atoms with Crippen LogP contribution in [-0.2, 0) is 9.59 Å². The molecule has 2 aliphatic heterocycles. The molecule has 0 aromatic heterocycles. The van der Waals surface area contributed by atoms with Gasteiger partial charge in [0.15, 0.2) is 0 Å². The van der Waals surface area contributed by atoms with Gasteiger partial charge in [-0.2, -0.15) is 0 Å². The smallest absolute Gasteiger partial charge is 0.254 e. The highest BCUT2D eigenvalue weighted by Crippen LogP contribution is 2.40. The summed E-state index contributed by atoms with van der Waals surface area (Å²) in [6.45, 7) is 2.10. The molecule has 0 bridgehead atoms. The summed E-state index contributed by atoms with van der Waals surface area (Å²) >= 11 is 0. The van der Waals surface area contributed by atoms with E-state index < -0.39 is 5.54 Å². The first-order valence-electron chi connectivity index (χ1n) is 14.7. The Morgan fingerprint density at radius 1 is 0.850 bits per heavy atom. The largest absolute Gasteiger partial charge is 0.354 e. The fourth-order valence-electron chi connectivity index (χ4n) is 6.86. The van der Waals surface area contributed by atoms with Gasteiger partial charge >= 0.3 is 0 Å². The predicted molar refractivity (Wildman–Crippen MR) is 157 cm³/mol. The van der Waals surface area contributed by atoms with E-state index in [0.29, 0.717) is 50.6 Å². The molecule has 3 amide bonds. The first-order chi connectivity index (χ1) is 19.5. The van der Waals surface area contributed by atoms with Crippen LogP contribution in [-0.4, -0.2) is 65.9 Å². The van der Waals surface area contributed by atoms with Gasteiger partial charge in [0, 0.05) is 30.9 Å². The Labute approximate surface area is 236 Å². The van der Waals surface area contributed by atoms with Gasteiger partial charge in [-0.15, -0.1) is 0 Å². The Hall–Kier alpha value is -3.87. The number of hydrogen-bond donors (Lipinski definition) is 1. The quantitative estimate of drug-likeness (QED) is 0.489. The molecule has 3 fully saturated rings. The fourth-order valence-corrected chi connectivity index (χ4v) is 6.86. The molecule has 6 rings (SSSR count). The second-order valence-electron chi connectivity index (χ2n) is 11.6. The average Bonchev–Trinajstić information content (AvgIpc) is 3.27. The fraction of sp³-hybridized carbons (Fsp3) is 0.424. The van der Waals surface area contributed by atoms with Crippen molar-refractivity contribution < 1.29 is 14.4 Å². The van der Waals surface area contributed by atoms with Crippen LogP contribution < -0.4 is 10.2 Å². The van der Waals surface area contributed by atoms with Crippen LogP contribution in [0.25, 0.3) is 10.8 Å². The molecular formula is C33H38N4O3. The van der Waals surface area contributed by atoms with E-state index in [1.165, 1.54) is 32.1 Å². The van der Waals surface area contributed by atoms with Crippen molar-refractivity contribution in [2.24, 2.45) is 5.92 Å². The number of rotatable bonds is 6. The molecule has 2 saturated heterocycles. The normalized spacial score (nSPS) is 19.4. The molecule has 3 aliphatic rings. The summed E-state index contributed by atoms with van der Waals surface area (Å²) in [5.74, 6) is 0.444. The number of anilines is 1. The highest BCUT2D eigenvalue weighted by molar-refractivity contribution is 6.07. The zero-order valence-corrected chi connectivity index (χ0v) is 23.1. The maximum absolute atomic E-state index is 14.0. The van der Waals surface area contributed by atoms with Crippen molar-refractivity contribution in [3.8, 4) is 0 Å². The van der Waals surface area contributed by atoms with E-state index in [9.17, 15) is 14.4 Å². The molecule has 208 valence electrons. The summed E-state index contributed by atoms with van der Waals surface area (Å²) in [5.41, 5.74) is 0.901. The third kappa shape index (κ3) is 5.05. The number of para-hydroxylation sites is 1. The van der Waals surface area contributed by atoms with E-state index in [2.05, 4.69) is 10.2 Å². The van der Waals surface area contributed by atoms with Gasteiger partial charge in [-0.1, -0.05) is 73.9 Å². The number of likely N-dealkylation sites (tertiary alicyclic amines) is 1. The predicted octanol–water partition coefficient (Wildman–Crippen LogP) is 4.82. The Morgan fingerprint density at radius 2 is 1.55 bits per heavy atom. The lowest BCUT2D eigenvalue weighted by atomic mass is 9.85. The van der Waals surface area contributed by atoms with Crippen molar-refractivity contribution >= 4 is 34.2 Å². The van der Waals surface area contributed by atoms with Crippen molar-refractivity contribution in [3.63, 3.8) is 0 Å². The van der Waals surface area contributed by atoms with Gasteiger partial charge < -0.3 is 20.0 Å². The zero-order chi connectivity index (χ0) is 27.5. The van der Waals surface area contributed by atoms with Crippen molar-refractivity contribution in [1.82, 2.24) is 15.1 Å². The SMILES string of the molecule is O=C(CN1CN(c2ccccc2)C2(CCN(C(=O)c3cccc4ccccc34)CC2)C1=O)NCC1CCCCC1. The van der Waals surface area contributed by atoms with E-state index in [4.69, 9.17) is 0 Å². The number of benzene rings is 3. The van der Waals surface area contributed by atoms with Gasteiger partial charge in [-0.05, 0) is 60.6 Å². The van der Waals surface area contributed by atoms with Crippen LogP contribution in [0.3, 0.4) is 0 Å². The van der Waals surface area contributed by atoms with Gasteiger partial charge in [0.25, 0.3) is 11.8 Å². The number of hydrogen-bond acceptors (Lipinski definition) is 4. The summed E-state index contributed by atoms with van der Waals surface area (Å²) < 4.78 is 0. The second kappa shape index (κ2) is 11.3. The number of fused-ring (bicyclic) bond motifs is 1. The standard InChI is InChI=1S/C33H38N4O3/c38-30(34-22-25-10-3-1-4-11-25)23-36-24-37(27-14-5-2-6-15-27)33(32(36)40)18-20-35(21-19-33)31(39)29-17-9-13-26-12-7-8-16-28(26)29/h2,5-9,12-17,25H,1,3-4,10-11,18-24H2,(H,34,38). The number of nitrogens with one attached hydrogen (secondary N) is 1. The van der Waals surface area contributed by atoms with E-state index >= 15 is 0 Å². The first-order valence-corrected chi connectivity index (χ1v) is 14.7. The number of piperidine rings is 1. The lowest BCUT2D eigenvalue weighted by Gasteiger charge is -2.43. The summed E-state index contributed by atoms with van der Waals surface area (Å²) in [5, 5.41) is 5.09. The maximum Gasteiger partial charge on any atom is 0.254 e. The molecule has 3 aromatic carbocycles. The first kappa shape index (κ1) is 26.4. The summed E-state index contributed by atoms with van der Waals surface area (Å²) in [4.78, 5) is 46.3. The van der Waals surface area contributed by atoms with Crippen molar-refractivity contribution in [1.29, 1.82) is 0 Å². The third-order valence-corrected chi connectivity index (χ3v) is 9.13. The van der Waals surface area contributed by atoms with Gasteiger partial charge in [-0.25, -0.2) is 0 Å². The molecule has 1 N–H and O–H groups in total. The molecular weight excluding hydrogens is 500 g/mol. The molecule has 7 heteroatoms. The molecule has 1 aliphatic carbocycles. The highest BCUT2D eigenvalue weighted by atomic mass is 16.2. The minimum Gasteiger partial charge on any atom is -0.354 e. The van der Waals surface area contributed by atoms with E-state index in [-0.39, 0.29) is 24.3 Å². The van der Waals surface area contributed by atoms with E-state index in [0.717, 1.165) is 16.5 Å². The molecule has 0 unspecified atom stereocenters. The van der Waals surface area contributed by atoms with Crippen molar-refractivity contribution in [2.45, 2.75) is 50.5 Å². The molecule has 0 radical (unpaired) electrons. The van der Waals surface area contributed by atoms with Crippen LogP contribution in [0.4, 0.5) is 5.69 Å². The van der Waals surface area contributed by atoms with Crippen molar-refractivity contribution in [2.75, 3.05) is 37.7 Å². The maximum atomic E-state index is 14.0. The Kier molecular flexibility index (Phi) is 7.46. The zero-order valence-electron chi connectivity index (χ0n) is 23.1. The third-order valence-electron chi connectivity index (χ3n) is 9.13. The van der Waals surface area contributed by atoms with Crippen LogP contribution in [0.1, 0.15) is 55.3 Å². The molecule has 7 nitrogen and oxygen atoms in total. The van der Waals surface area contributed by atoms with Crippen LogP contribution in [0.5, 0.6) is 0 Å². The highest BCUT2D eigenvalue weighted by Gasteiger charge is 2.54. The molecule has 0 atom stereocenters. The minimum absolute atomic E-state index is 0.00213. The van der Waals surface area contributed by atoms with E-state index in [1.807, 2.05) is 77.7 Å². The van der Waals surface area contributed by atoms with Crippen LogP contribution >= 0.6 is 0 Å². The van der Waals surface area contributed by atoms with E-state index in [1.54, 1.807) is 4.90 Å². The Morgan fingerprint density at radius 3 is 2.33 bits per heavy atom. The second-order valence-corrected chi connectivity index (χ2v) is 11.6. The van der Waals surface area contributed by atoms with Crippen LogP contribution in [0.15, 0.2) is 72.8 Å². The van der Waals surface area contributed by atoms with Crippen LogP contribution in [0.2, 0.25) is 0 Å². The number of carbonyl (C=O) groups is 3. The number of carbonyl (C=O) groups excluding carboxylic acids is 3. The molecule has 40 heavy (non-hydrogen) atoms. The molecule has 3 aromatic rings. The van der Waals surface area contributed by atoms with Gasteiger partial charge in [0.05, 0.1) is 6.67 Å². The number of amides is 3. The van der Waals surface area contributed by atoms with Crippen LogP contribution in [0, 0.1) is 5.92 Å². The van der Waals surface area contributed by atoms with Gasteiger partial charge in [-0.3, -0.25) is 14.4 Å². The molecule has 1 saturated carbocycles. The summed E-state index contributed by atoms with van der Waals surface area (Å²) in [6.07, 6.45) is 7.15. The lowest BCUT2D eigenvalue weighted by Crippen LogP contribution is -2.57.